The van der Waals surface area contributed by atoms with Crippen molar-refractivity contribution in [1.29, 1.82) is 0 Å². The van der Waals surface area contributed by atoms with Crippen molar-refractivity contribution >= 4 is 27.5 Å². The molecule has 29 heavy (non-hydrogen) atoms. The van der Waals surface area contributed by atoms with Crippen LogP contribution in [0.25, 0.3) is 5.69 Å². The lowest BCUT2D eigenvalue weighted by Crippen LogP contribution is -2.14. The third kappa shape index (κ3) is 4.56. The predicted octanol–water partition coefficient (Wildman–Crippen LogP) is 5.11. The van der Waals surface area contributed by atoms with Crippen LogP contribution in [0.5, 0.6) is 11.5 Å². The zero-order valence-corrected chi connectivity index (χ0v) is 17.5. The Labute approximate surface area is 174 Å². The van der Waals surface area contributed by atoms with E-state index in [2.05, 4.69) is 31.1 Å². The molecule has 1 heterocycles. The van der Waals surface area contributed by atoms with E-state index in [-0.39, 0.29) is 11.5 Å². The number of hydrogen-bond donors (Lipinski definition) is 1. The fraction of sp³-hybridized carbons (Fsp3) is 0.200. The highest BCUT2D eigenvalue weighted by atomic mass is 79.9. The van der Waals surface area contributed by atoms with Crippen molar-refractivity contribution in [3.8, 4) is 17.2 Å². The molecule has 0 atom stereocenters. The van der Waals surface area contributed by atoms with Crippen molar-refractivity contribution in [2.24, 2.45) is 0 Å². The van der Waals surface area contributed by atoms with E-state index >= 15 is 0 Å². The van der Waals surface area contributed by atoms with Crippen LogP contribution in [0.2, 0.25) is 0 Å². The van der Waals surface area contributed by atoms with Crippen molar-refractivity contribution in [2.75, 3.05) is 12.4 Å². The highest BCUT2D eigenvalue weighted by Crippen LogP contribution is 2.32. The minimum Gasteiger partial charge on any atom is -0.493 e. The van der Waals surface area contributed by atoms with E-state index < -0.39 is 12.5 Å². The van der Waals surface area contributed by atoms with Gasteiger partial charge in [0.15, 0.2) is 11.5 Å². The lowest BCUT2D eigenvalue weighted by molar-refractivity contribution is -0.0511. The van der Waals surface area contributed by atoms with Crippen molar-refractivity contribution in [2.45, 2.75) is 20.5 Å². The quantitative estimate of drug-likeness (QED) is 0.548. The average molecular weight is 466 g/mol. The molecule has 0 saturated carbocycles. The summed E-state index contributed by atoms with van der Waals surface area (Å²) in [6.07, 6.45) is 0. The SMILES string of the molecule is COc1ccc(NC(=O)c2c(C)nn(-c3ccc(Br)cc3)c2C)cc1OC(F)F. The first-order chi connectivity index (χ1) is 13.8. The molecule has 1 amide bonds. The number of aryl methyl sites for hydroxylation is 1. The molecule has 3 aromatic rings. The van der Waals surface area contributed by atoms with Crippen LogP contribution < -0.4 is 14.8 Å². The molecule has 0 radical (unpaired) electrons. The fourth-order valence-corrected chi connectivity index (χ4v) is 3.21. The van der Waals surface area contributed by atoms with Gasteiger partial charge in [-0.25, -0.2) is 4.68 Å². The molecule has 0 fully saturated rings. The highest BCUT2D eigenvalue weighted by Gasteiger charge is 2.20. The van der Waals surface area contributed by atoms with Gasteiger partial charge in [-0.15, -0.1) is 0 Å². The second-order valence-corrected chi connectivity index (χ2v) is 7.05. The van der Waals surface area contributed by atoms with Gasteiger partial charge in [0.1, 0.15) is 0 Å². The minimum atomic E-state index is -3.01. The molecule has 0 unspecified atom stereocenters. The van der Waals surface area contributed by atoms with E-state index in [9.17, 15) is 13.6 Å². The van der Waals surface area contributed by atoms with E-state index in [0.717, 1.165) is 10.2 Å². The average Bonchev–Trinajstić information content (AvgIpc) is 2.96. The second-order valence-electron chi connectivity index (χ2n) is 6.13. The van der Waals surface area contributed by atoms with Crippen LogP contribution in [0.15, 0.2) is 46.9 Å². The van der Waals surface area contributed by atoms with Gasteiger partial charge in [-0.3, -0.25) is 4.79 Å². The summed E-state index contributed by atoms with van der Waals surface area (Å²) < 4.78 is 37.3. The number of aromatic nitrogens is 2. The van der Waals surface area contributed by atoms with Gasteiger partial charge in [-0.1, -0.05) is 15.9 Å². The maximum atomic E-state index is 12.9. The molecule has 0 bridgehead atoms. The summed E-state index contributed by atoms with van der Waals surface area (Å²) in [5.41, 5.74) is 2.70. The van der Waals surface area contributed by atoms with Crippen LogP contribution in [0.3, 0.4) is 0 Å². The maximum Gasteiger partial charge on any atom is 0.387 e. The molecule has 0 aliphatic carbocycles. The molecule has 0 spiro atoms. The lowest BCUT2D eigenvalue weighted by Gasteiger charge is -2.12. The van der Waals surface area contributed by atoms with Crippen molar-refractivity contribution in [3.63, 3.8) is 0 Å². The van der Waals surface area contributed by atoms with Gasteiger partial charge in [0.2, 0.25) is 0 Å². The number of rotatable bonds is 6. The molecule has 1 aromatic heterocycles. The summed E-state index contributed by atoms with van der Waals surface area (Å²) in [5, 5.41) is 7.15. The van der Waals surface area contributed by atoms with E-state index in [1.54, 1.807) is 24.6 Å². The number of anilines is 1. The Hall–Kier alpha value is -2.94. The predicted molar refractivity (Wildman–Crippen MR) is 108 cm³/mol. The number of nitrogens with one attached hydrogen (secondary N) is 1. The molecule has 6 nitrogen and oxygen atoms in total. The summed E-state index contributed by atoms with van der Waals surface area (Å²) >= 11 is 3.39. The lowest BCUT2D eigenvalue weighted by atomic mass is 10.1. The van der Waals surface area contributed by atoms with Gasteiger partial charge in [0.25, 0.3) is 5.91 Å². The summed E-state index contributed by atoms with van der Waals surface area (Å²) in [6, 6.07) is 11.8. The Bertz CT molecular complexity index is 1040. The third-order valence-electron chi connectivity index (χ3n) is 4.23. The van der Waals surface area contributed by atoms with E-state index in [1.165, 1.54) is 19.2 Å². The standard InChI is InChI=1S/C20H18BrF2N3O3/c1-11-18(12(2)26(25-11)15-7-4-13(21)5-8-15)19(27)24-14-6-9-16(28-3)17(10-14)29-20(22)23/h4-10,20H,1-3H3,(H,24,27). The number of carbonyl (C=O) groups is 1. The first-order valence-corrected chi connectivity index (χ1v) is 9.35. The van der Waals surface area contributed by atoms with Crippen molar-refractivity contribution in [3.05, 3.63) is 63.9 Å². The molecular weight excluding hydrogens is 448 g/mol. The smallest absolute Gasteiger partial charge is 0.387 e. The number of benzene rings is 2. The molecule has 0 aliphatic heterocycles. The molecule has 0 saturated heterocycles. The van der Waals surface area contributed by atoms with Gasteiger partial charge < -0.3 is 14.8 Å². The number of alkyl halides is 2. The van der Waals surface area contributed by atoms with Crippen LogP contribution in [0.4, 0.5) is 14.5 Å². The zero-order valence-electron chi connectivity index (χ0n) is 15.9. The zero-order chi connectivity index (χ0) is 21.1. The summed E-state index contributed by atoms with van der Waals surface area (Å²) in [4.78, 5) is 12.9. The van der Waals surface area contributed by atoms with Gasteiger partial charge in [0.05, 0.1) is 29.7 Å². The molecule has 3 rings (SSSR count). The van der Waals surface area contributed by atoms with Gasteiger partial charge in [0, 0.05) is 16.2 Å². The number of carbonyl (C=O) groups excluding carboxylic acids is 1. The van der Waals surface area contributed by atoms with Crippen LogP contribution in [-0.4, -0.2) is 29.4 Å². The molecule has 0 aliphatic rings. The first-order valence-electron chi connectivity index (χ1n) is 8.56. The molecular formula is C20H18BrF2N3O3. The highest BCUT2D eigenvalue weighted by molar-refractivity contribution is 9.10. The number of halogens is 3. The van der Waals surface area contributed by atoms with Gasteiger partial charge in [-0.2, -0.15) is 13.9 Å². The molecule has 1 N–H and O–H groups in total. The first kappa shape index (κ1) is 20.8. The Morgan fingerprint density at radius 3 is 2.45 bits per heavy atom. The number of hydrogen-bond acceptors (Lipinski definition) is 4. The molecule has 2 aromatic carbocycles. The van der Waals surface area contributed by atoms with Crippen molar-refractivity contribution < 1.29 is 23.0 Å². The van der Waals surface area contributed by atoms with E-state index in [0.29, 0.717) is 22.6 Å². The van der Waals surface area contributed by atoms with Gasteiger partial charge in [-0.05, 0) is 50.2 Å². The summed E-state index contributed by atoms with van der Waals surface area (Å²) in [6.45, 7) is 0.510. The molecule has 9 heteroatoms. The number of amides is 1. The second kappa shape index (κ2) is 8.60. The fourth-order valence-electron chi connectivity index (χ4n) is 2.94. The van der Waals surface area contributed by atoms with E-state index in [1.807, 2.05) is 24.3 Å². The Morgan fingerprint density at radius 2 is 1.83 bits per heavy atom. The van der Waals surface area contributed by atoms with Crippen molar-refractivity contribution in [1.82, 2.24) is 9.78 Å². The van der Waals surface area contributed by atoms with Crippen LogP contribution in [0.1, 0.15) is 21.7 Å². The number of nitrogens with zero attached hydrogens (tertiary/aromatic N) is 2. The Kier molecular flexibility index (Phi) is 6.17. The third-order valence-corrected chi connectivity index (χ3v) is 4.76. The van der Waals surface area contributed by atoms with Crippen LogP contribution in [-0.2, 0) is 0 Å². The maximum absolute atomic E-state index is 12.9. The van der Waals surface area contributed by atoms with E-state index in [4.69, 9.17) is 4.74 Å². The van der Waals surface area contributed by atoms with Gasteiger partial charge >= 0.3 is 6.61 Å². The number of ether oxygens (including phenoxy) is 2. The Morgan fingerprint density at radius 1 is 1.14 bits per heavy atom. The normalized spacial score (nSPS) is 10.9. The summed E-state index contributed by atoms with van der Waals surface area (Å²) in [5.74, 6) is -0.436. The minimum absolute atomic E-state index is 0.138. The summed E-state index contributed by atoms with van der Waals surface area (Å²) in [7, 11) is 1.34. The van der Waals surface area contributed by atoms with Crippen LogP contribution in [0, 0.1) is 13.8 Å². The molecule has 152 valence electrons. The topological polar surface area (TPSA) is 65.4 Å². The Balaban J connectivity index is 1.89. The number of methoxy groups -OCH3 is 1. The van der Waals surface area contributed by atoms with Crippen LogP contribution >= 0.6 is 15.9 Å². The monoisotopic (exact) mass is 465 g/mol. The largest absolute Gasteiger partial charge is 0.493 e.